The minimum atomic E-state index is -3.66. The fourth-order valence-electron chi connectivity index (χ4n) is 8.83. The molecule has 3 aromatic rings. The van der Waals surface area contributed by atoms with Gasteiger partial charge in [-0.25, -0.2) is 23.2 Å². The molecule has 0 amide bonds. The van der Waals surface area contributed by atoms with E-state index in [2.05, 4.69) is 27.0 Å². The lowest BCUT2D eigenvalue weighted by Gasteiger charge is -2.45. The van der Waals surface area contributed by atoms with E-state index in [0.29, 0.717) is 31.9 Å². The number of halogens is 1. The van der Waals surface area contributed by atoms with Crippen molar-refractivity contribution < 1.29 is 28.2 Å². The minimum absolute atomic E-state index is 0.0224. The predicted octanol–water partition coefficient (Wildman–Crippen LogP) is 6.52. The van der Waals surface area contributed by atoms with Crippen LogP contribution in [0.15, 0.2) is 72.2 Å². The van der Waals surface area contributed by atoms with Crippen LogP contribution < -0.4 is 9.64 Å². The summed E-state index contributed by atoms with van der Waals surface area (Å²) >= 11 is 6.40. The van der Waals surface area contributed by atoms with Gasteiger partial charge in [-0.3, -0.25) is 0 Å². The Morgan fingerprint density at radius 1 is 1.12 bits per heavy atom. The van der Waals surface area contributed by atoms with Gasteiger partial charge < -0.3 is 19.8 Å². The minimum Gasteiger partial charge on any atom is -0.490 e. The van der Waals surface area contributed by atoms with Crippen LogP contribution in [0.3, 0.4) is 0 Å². The Bertz CT molecular complexity index is 1840. The number of nitrogens with zero attached hydrogens (tertiary/aromatic N) is 3. The first-order valence-electron chi connectivity index (χ1n) is 17.5. The van der Waals surface area contributed by atoms with Crippen molar-refractivity contribution in [1.29, 1.82) is 0 Å². The molecule has 1 aliphatic heterocycles. The molecule has 2 N–H and O–H groups in total. The molecule has 2 saturated carbocycles. The number of fused-ring (bicyclic) bond motifs is 3. The molecule has 1 spiro atoms. The molecule has 7 atom stereocenters. The van der Waals surface area contributed by atoms with Crippen molar-refractivity contribution in [3.8, 4) is 5.75 Å². The maximum Gasteiger partial charge on any atom is 0.335 e. The molecule has 4 aliphatic rings. The molecule has 3 aliphatic carbocycles. The van der Waals surface area contributed by atoms with Crippen molar-refractivity contribution >= 4 is 33.1 Å². The lowest BCUT2D eigenvalue weighted by molar-refractivity contribution is 0.0452. The van der Waals surface area contributed by atoms with Crippen molar-refractivity contribution in [2.45, 2.75) is 80.2 Å². The van der Waals surface area contributed by atoms with Crippen LogP contribution in [-0.2, 0) is 21.7 Å². The molecule has 260 valence electrons. The fourth-order valence-corrected chi connectivity index (χ4v) is 11.0. The molecule has 0 radical (unpaired) electrons. The summed E-state index contributed by atoms with van der Waals surface area (Å²) < 4.78 is 33.3. The Balaban J connectivity index is 1.10. The zero-order valence-electron chi connectivity index (χ0n) is 27.7. The zero-order chi connectivity index (χ0) is 34.3. The predicted molar refractivity (Wildman–Crippen MR) is 188 cm³/mol. The molecular formula is C38H44ClN3O6S. The van der Waals surface area contributed by atoms with Crippen LogP contribution >= 0.6 is 11.6 Å². The Kier molecular flexibility index (Phi) is 9.49. The zero-order valence-corrected chi connectivity index (χ0v) is 29.3. The largest absolute Gasteiger partial charge is 0.490 e. The van der Waals surface area contributed by atoms with Crippen LogP contribution in [0.5, 0.6) is 5.75 Å². The average Bonchev–Trinajstić information content (AvgIpc) is 3.23. The second-order valence-electron chi connectivity index (χ2n) is 14.5. The van der Waals surface area contributed by atoms with Gasteiger partial charge in [0.15, 0.2) is 0 Å². The van der Waals surface area contributed by atoms with Gasteiger partial charge in [0, 0.05) is 35.9 Å². The number of aliphatic hydroxyl groups is 1. The third kappa shape index (κ3) is 6.59. The lowest BCUT2D eigenvalue weighted by atomic mass is 9.68. The molecule has 11 heteroatoms. The van der Waals surface area contributed by atoms with Crippen molar-refractivity contribution in [3.63, 3.8) is 0 Å². The summed E-state index contributed by atoms with van der Waals surface area (Å²) in [6, 6.07) is 12.8. The van der Waals surface area contributed by atoms with Crippen molar-refractivity contribution in [2.75, 3.05) is 24.6 Å². The van der Waals surface area contributed by atoms with Gasteiger partial charge in [-0.15, -0.1) is 0 Å². The molecule has 2 fully saturated rings. The van der Waals surface area contributed by atoms with Gasteiger partial charge in [0.2, 0.25) is 15.0 Å². The third-order valence-corrected chi connectivity index (χ3v) is 14.1. The number of sulfone groups is 1. The SMILES string of the molecule is C[C@H]1[C@H](/C=C/[C@H](O)[C@@H]2CC[C@H]2CN2CC3(CCCc4cc(Cl)ccc43)COc3ccc(C(=O)O)cc32)CCC[C@H]1S(=O)(=O)c1ncccn1. The quantitative estimate of drug-likeness (QED) is 0.199. The molecule has 49 heavy (non-hydrogen) atoms. The second kappa shape index (κ2) is 13.7. The number of anilines is 1. The van der Waals surface area contributed by atoms with Crippen molar-refractivity contribution in [3.05, 3.63) is 88.7 Å². The van der Waals surface area contributed by atoms with Gasteiger partial charge in [0.25, 0.3) is 0 Å². The molecule has 0 saturated heterocycles. The number of ether oxygens (including phenoxy) is 1. The first-order chi connectivity index (χ1) is 23.6. The molecule has 1 aromatic heterocycles. The topological polar surface area (TPSA) is 130 Å². The summed E-state index contributed by atoms with van der Waals surface area (Å²) in [7, 11) is -3.66. The van der Waals surface area contributed by atoms with Crippen LogP contribution in [0.4, 0.5) is 5.69 Å². The van der Waals surface area contributed by atoms with Gasteiger partial charge in [-0.05, 0) is 116 Å². The highest BCUT2D eigenvalue weighted by Crippen LogP contribution is 2.47. The Labute approximate surface area is 293 Å². The van der Waals surface area contributed by atoms with E-state index in [0.717, 1.165) is 55.7 Å². The number of benzene rings is 2. The Hall–Kier alpha value is -3.47. The standard InChI is InChI=1S/C38H44ClN3O6S/c1-24-25(5-2-7-35(24)49(46,47)37-40-17-4-18-41-37)9-14-33(43)30-12-8-28(30)21-42-22-38(16-3-6-26-19-29(39)11-13-31(26)38)23-48-34-15-10-27(36(44)45)20-32(34)42/h4,9-11,13-15,17-20,24-25,28,30,33,35,43H,2-3,5-8,12,16,21-23H2,1H3,(H,44,45)/b14-9+/t24-,25-,28-,30+,33-,35+,38?/m0/s1. The van der Waals surface area contributed by atoms with E-state index in [1.807, 2.05) is 25.1 Å². The molecule has 2 aromatic carbocycles. The van der Waals surface area contributed by atoms with Crippen LogP contribution in [0.1, 0.15) is 73.4 Å². The number of allylic oxidation sites excluding steroid dienone is 1. The highest BCUT2D eigenvalue weighted by molar-refractivity contribution is 7.91. The summed E-state index contributed by atoms with van der Waals surface area (Å²) in [6.45, 7) is 3.81. The number of carboxylic acid groups (broad SMARTS) is 1. The van der Waals surface area contributed by atoms with Crippen LogP contribution in [0.2, 0.25) is 5.02 Å². The third-order valence-electron chi connectivity index (χ3n) is 11.7. The van der Waals surface area contributed by atoms with Crippen molar-refractivity contribution in [1.82, 2.24) is 9.97 Å². The van der Waals surface area contributed by atoms with E-state index in [1.165, 1.54) is 23.5 Å². The smallest absolute Gasteiger partial charge is 0.335 e. The van der Waals surface area contributed by atoms with Gasteiger partial charge in [-0.1, -0.05) is 43.2 Å². The van der Waals surface area contributed by atoms with E-state index >= 15 is 0 Å². The lowest BCUT2D eigenvalue weighted by Crippen LogP contribution is -2.49. The Morgan fingerprint density at radius 2 is 1.94 bits per heavy atom. The molecule has 7 rings (SSSR count). The highest BCUT2D eigenvalue weighted by atomic mass is 35.5. The number of aliphatic hydroxyl groups excluding tert-OH is 1. The monoisotopic (exact) mass is 705 g/mol. The number of rotatable bonds is 8. The first kappa shape index (κ1) is 34.0. The molecule has 2 heterocycles. The first-order valence-corrected chi connectivity index (χ1v) is 19.4. The van der Waals surface area contributed by atoms with Crippen molar-refractivity contribution in [2.24, 2.45) is 23.7 Å². The highest BCUT2D eigenvalue weighted by Gasteiger charge is 2.45. The molecule has 9 nitrogen and oxygen atoms in total. The fraction of sp³-hybridized carbons (Fsp3) is 0.500. The number of aryl methyl sites for hydroxylation is 1. The Morgan fingerprint density at radius 3 is 2.69 bits per heavy atom. The normalized spacial score (nSPS) is 29.0. The van der Waals surface area contributed by atoms with Crippen LogP contribution in [0, 0.1) is 23.7 Å². The van der Waals surface area contributed by atoms with E-state index < -0.39 is 27.2 Å². The summed E-state index contributed by atoms with van der Waals surface area (Å²) in [5.41, 5.74) is 3.20. The van der Waals surface area contributed by atoms with E-state index in [9.17, 15) is 23.4 Å². The number of hydrogen-bond acceptors (Lipinski definition) is 8. The van der Waals surface area contributed by atoms with Gasteiger partial charge >= 0.3 is 5.97 Å². The van der Waals surface area contributed by atoms with E-state index in [-0.39, 0.29) is 39.8 Å². The molecular weight excluding hydrogens is 662 g/mol. The van der Waals surface area contributed by atoms with Gasteiger partial charge in [0.05, 0.1) is 29.2 Å². The molecule has 1 unspecified atom stereocenters. The number of carboxylic acids is 1. The summed E-state index contributed by atoms with van der Waals surface area (Å²) in [5.74, 6) is -0.188. The maximum atomic E-state index is 13.4. The average molecular weight is 706 g/mol. The number of carbonyl (C=O) groups is 1. The van der Waals surface area contributed by atoms with Crippen LogP contribution in [0.25, 0.3) is 0 Å². The summed E-state index contributed by atoms with van der Waals surface area (Å²) in [6.07, 6.45) is 13.2. The summed E-state index contributed by atoms with van der Waals surface area (Å²) in [4.78, 5) is 22.4. The van der Waals surface area contributed by atoms with Crippen LogP contribution in [-0.4, -0.2) is 65.6 Å². The number of aromatic carboxylic acids is 1. The summed E-state index contributed by atoms with van der Waals surface area (Å²) in [5, 5.41) is 21.4. The van der Waals surface area contributed by atoms with Gasteiger partial charge in [0.1, 0.15) is 5.75 Å². The van der Waals surface area contributed by atoms with Gasteiger partial charge in [-0.2, -0.15) is 0 Å². The second-order valence-corrected chi connectivity index (χ2v) is 17.0. The number of aromatic nitrogens is 2. The van der Waals surface area contributed by atoms with E-state index in [4.69, 9.17) is 16.3 Å². The molecule has 0 bridgehead atoms. The maximum absolute atomic E-state index is 13.4. The number of hydrogen-bond donors (Lipinski definition) is 2. The van der Waals surface area contributed by atoms with E-state index in [1.54, 1.807) is 24.3 Å².